The van der Waals surface area contributed by atoms with Crippen LogP contribution >= 0.6 is 0 Å². The highest BCUT2D eigenvalue weighted by atomic mass is 19.1. The monoisotopic (exact) mass is 482 g/mol. The number of hydrogen-bond donors (Lipinski definition) is 0. The summed E-state index contributed by atoms with van der Waals surface area (Å²) >= 11 is 0. The van der Waals surface area contributed by atoms with Crippen LogP contribution in [0.2, 0.25) is 0 Å². The van der Waals surface area contributed by atoms with E-state index >= 15 is 0 Å². The third-order valence-electron chi connectivity index (χ3n) is 6.32. The molecule has 7 heteroatoms. The summed E-state index contributed by atoms with van der Waals surface area (Å²) in [7, 11) is 1.48. The molecule has 180 valence electrons. The Labute approximate surface area is 207 Å². The largest absolute Gasteiger partial charge is 0.496 e. The fourth-order valence-electron chi connectivity index (χ4n) is 4.63. The number of ether oxygens (including phenoxy) is 1. The van der Waals surface area contributed by atoms with Crippen molar-refractivity contribution in [3.63, 3.8) is 0 Å². The van der Waals surface area contributed by atoms with Crippen LogP contribution in [0.3, 0.4) is 0 Å². The van der Waals surface area contributed by atoms with E-state index in [1.807, 2.05) is 12.1 Å². The van der Waals surface area contributed by atoms with Crippen LogP contribution in [-0.4, -0.2) is 42.8 Å². The van der Waals surface area contributed by atoms with Crippen molar-refractivity contribution in [2.45, 2.75) is 6.42 Å². The Morgan fingerprint density at radius 1 is 0.889 bits per heavy atom. The fourth-order valence-corrected chi connectivity index (χ4v) is 4.63. The van der Waals surface area contributed by atoms with E-state index in [1.165, 1.54) is 35.1 Å². The first-order valence-corrected chi connectivity index (χ1v) is 11.6. The number of carbonyl (C=O) groups is 3. The maximum absolute atomic E-state index is 14.0. The number of carbonyl (C=O) groups excluding carboxylic acids is 3. The van der Waals surface area contributed by atoms with Gasteiger partial charge in [0.15, 0.2) is 0 Å². The number of anilines is 1. The van der Waals surface area contributed by atoms with Crippen molar-refractivity contribution in [3.05, 3.63) is 107 Å². The van der Waals surface area contributed by atoms with Crippen molar-refractivity contribution < 1.29 is 23.5 Å². The van der Waals surface area contributed by atoms with Gasteiger partial charge in [-0.3, -0.25) is 19.3 Å². The van der Waals surface area contributed by atoms with Gasteiger partial charge in [0.2, 0.25) is 0 Å². The third kappa shape index (κ3) is 4.09. The fraction of sp³-hybridized carbons (Fsp3) is 0.138. The highest BCUT2D eigenvalue weighted by molar-refractivity contribution is 6.25. The van der Waals surface area contributed by atoms with E-state index in [4.69, 9.17) is 4.74 Å². The van der Waals surface area contributed by atoms with Gasteiger partial charge in [-0.15, -0.1) is 0 Å². The van der Waals surface area contributed by atoms with Crippen LogP contribution in [0, 0.1) is 5.82 Å². The van der Waals surface area contributed by atoms with Crippen LogP contribution in [0.1, 0.15) is 37.5 Å². The molecule has 5 rings (SSSR count). The summed E-state index contributed by atoms with van der Waals surface area (Å²) in [6, 6.07) is 23.3. The Bertz CT molecular complexity index is 1450. The Morgan fingerprint density at radius 3 is 2.22 bits per heavy atom. The van der Waals surface area contributed by atoms with Gasteiger partial charge in [0.05, 0.1) is 12.7 Å². The van der Waals surface area contributed by atoms with Gasteiger partial charge in [0.1, 0.15) is 11.6 Å². The van der Waals surface area contributed by atoms with Gasteiger partial charge in [0.25, 0.3) is 17.7 Å². The number of nitrogens with zero attached hydrogens (tertiary/aromatic N) is 2. The number of imide groups is 1. The third-order valence-corrected chi connectivity index (χ3v) is 6.32. The van der Waals surface area contributed by atoms with E-state index in [1.54, 1.807) is 54.6 Å². The number of benzene rings is 4. The number of rotatable bonds is 7. The van der Waals surface area contributed by atoms with Gasteiger partial charge in [0, 0.05) is 35.3 Å². The van der Waals surface area contributed by atoms with Gasteiger partial charge in [-0.05, 0) is 54.3 Å². The van der Waals surface area contributed by atoms with Crippen molar-refractivity contribution in [3.8, 4) is 5.75 Å². The molecule has 4 aromatic carbocycles. The summed E-state index contributed by atoms with van der Waals surface area (Å²) in [5.74, 6) is -1.17. The van der Waals surface area contributed by atoms with Crippen LogP contribution < -0.4 is 9.64 Å². The lowest BCUT2D eigenvalue weighted by atomic mass is 9.94. The highest BCUT2D eigenvalue weighted by Crippen LogP contribution is 2.30. The zero-order valence-electron chi connectivity index (χ0n) is 19.6. The molecule has 4 aromatic rings. The van der Waals surface area contributed by atoms with Gasteiger partial charge >= 0.3 is 0 Å². The molecular formula is C29H23FN2O4. The number of methoxy groups -OCH3 is 1. The molecule has 0 spiro atoms. The summed E-state index contributed by atoms with van der Waals surface area (Å²) in [5, 5.41) is 1.50. The first-order chi connectivity index (χ1) is 17.5. The first kappa shape index (κ1) is 23.2. The molecule has 0 aromatic heterocycles. The number of halogens is 1. The molecule has 0 N–H and O–H groups in total. The van der Waals surface area contributed by atoms with Crippen molar-refractivity contribution in [1.29, 1.82) is 0 Å². The molecule has 1 aliphatic rings. The summed E-state index contributed by atoms with van der Waals surface area (Å²) in [6.45, 7) is 0.261. The molecule has 0 saturated carbocycles. The van der Waals surface area contributed by atoms with Crippen LogP contribution in [0.5, 0.6) is 5.75 Å². The molecule has 1 aliphatic heterocycles. The van der Waals surface area contributed by atoms with Crippen LogP contribution in [-0.2, 0) is 0 Å². The second-order valence-corrected chi connectivity index (χ2v) is 8.46. The maximum atomic E-state index is 14.0. The Hall–Kier alpha value is -4.52. The van der Waals surface area contributed by atoms with Crippen molar-refractivity contribution in [2.24, 2.45) is 0 Å². The van der Waals surface area contributed by atoms with E-state index in [0.29, 0.717) is 39.9 Å². The van der Waals surface area contributed by atoms with Crippen LogP contribution in [0.4, 0.5) is 10.1 Å². The molecule has 0 radical (unpaired) electrons. The molecule has 0 aliphatic carbocycles. The Balaban J connectivity index is 1.40. The number of amides is 3. The lowest BCUT2D eigenvalue weighted by Crippen LogP contribution is -2.42. The zero-order chi connectivity index (χ0) is 25.2. The summed E-state index contributed by atoms with van der Waals surface area (Å²) in [6.07, 6.45) is 0.299. The summed E-state index contributed by atoms with van der Waals surface area (Å²) in [4.78, 5) is 42.6. The second-order valence-electron chi connectivity index (χ2n) is 8.46. The molecule has 3 amide bonds. The standard InChI is InChI=1S/C29H23FN2O4/c1-36-25-15-3-2-12-22(25)27(33)31(21-11-6-10-20(30)18-21)16-7-17-32-28(34)23-13-4-8-19-9-5-14-24(26(19)23)29(32)35/h2-6,8-15,18H,7,16-17H2,1H3. The second kappa shape index (κ2) is 9.62. The quantitative estimate of drug-likeness (QED) is 0.335. The lowest BCUT2D eigenvalue weighted by molar-refractivity contribution is 0.0610. The van der Waals surface area contributed by atoms with Gasteiger partial charge in [-0.2, -0.15) is 0 Å². The normalized spacial score (nSPS) is 12.7. The Morgan fingerprint density at radius 2 is 1.56 bits per heavy atom. The molecule has 0 atom stereocenters. The van der Waals surface area contributed by atoms with E-state index in [-0.39, 0.29) is 30.8 Å². The van der Waals surface area contributed by atoms with Gasteiger partial charge in [-0.25, -0.2) is 4.39 Å². The minimum Gasteiger partial charge on any atom is -0.496 e. The molecule has 6 nitrogen and oxygen atoms in total. The lowest BCUT2D eigenvalue weighted by Gasteiger charge is -2.29. The molecule has 0 bridgehead atoms. The maximum Gasteiger partial charge on any atom is 0.262 e. The first-order valence-electron chi connectivity index (χ1n) is 11.6. The molecule has 0 fully saturated rings. The average Bonchev–Trinajstić information content (AvgIpc) is 2.91. The van der Waals surface area contributed by atoms with Crippen molar-refractivity contribution in [2.75, 3.05) is 25.1 Å². The van der Waals surface area contributed by atoms with Gasteiger partial charge in [-0.1, -0.05) is 42.5 Å². The van der Waals surface area contributed by atoms with Crippen molar-refractivity contribution >= 4 is 34.2 Å². The predicted octanol–water partition coefficient (Wildman–Crippen LogP) is 5.32. The van der Waals surface area contributed by atoms with E-state index < -0.39 is 5.82 Å². The summed E-state index contributed by atoms with van der Waals surface area (Å²) < 4.78 is 19.4. The molecule has 36 heavy (non-hydrogen) atoms. The van der Waals surface area contributed by atoms with E-state index in [2.05, 4.69) is 0 Å². The SMILES string of the molecule is COc1ccccc1C(=O)N(CCCN1C(=O)c2cccc3cccc(c23)C1=O)c1cccc(F)c1. The van der Waals surface area contributed by atoms with Gasteiger partial charge < -0.3 is 9.64 Å². The number of hydrogen-bond acceptors (Lipinski definition) is 4. The van der Waals surface area contributed by atoms with Crippen molar-refractivity contribution in [1.82, 2.24) is 4.90 Å². The van der Waals surface area contributed by atoms with Crippen LogP contribution in [0.25, 0.3) is 10.8 Å². The molecular weight excluding hydrogens is 459 g/mol. The molecule has 0 saturated heterocycles. The smallest absolute Gasteiger partial charge is 0.262 e. The minimum absolute atomic E-state index is 0.105. The molecule has 0 unspecified atom stereocenters. The topological polar surface area (TPSA) is 66.9 Å². The van der Waals surface area contributed by atoms with E-state index in [0.717, 1.165) is 5.39 Å². The van der Waals surface area contributed by atoms with Crippen LogP contribution in [0.15, 0.2) is 84.9 Å². The predicted molar refractivity (Wildman–Crippen MR) is 135 cm³/mol. The summed E-state index contributed by atoms with van der Waals surface area (Å²) in [5.41, 5.74) is 1.66. The Kier molecular flexibility index (Phi) is 6.21. The van der Waals surface area contributed by atoms with E-state index in [9.17, 15) is 18.8 Å². The zero-order valence-corrected chi connectivity index (χ0v) is 19.6. The molecule has 1 heterocycles. The highest BCUT2D eigenvalue weighted by Gasteiger charge is 2.32. The average molecular weight is 483 g/mol. The minimum atomic E-state index is -0.476. The number of para-hydroxylation sites is 1.